The van der Waals surface area contributed by atoms with Crippen molar-refractivity contribution in [1.82, 2.24) is 9.03 Å². The van der Waals surface area contributed by atoms with Gasteiger partial charge >= 0.3 is 0 Å². The van der Waals surface area contributed by atoms with Gasteiger partial charge in [0, 0.05) is 32.3 Å². The quantitative estimate of drug-likeness (QED) is 0.651. The maximum absolute atomic E-state index is 11.8. The van der Waals surface area contributed by atoms with Crippen LogP contribution in [0.25, 0.3) is 0 Å². The molecule has 0 spiro atoms. The predicted octanol–water partition coefficient (Wildman–Crippen LogP) is 0.838. The lowest BCUT2D eigenvalue weighted by atomic mass is 9.94. The van der Waals surface area contributed by atoms with Crippen molar-refractivity contribution < 1.29 is 13.2 Å². The summed E-state index contributed by atoms with van der Waals surface area (Å²) in [6.07, 6.45) is 5.07. The molecule has 1 aliphatic carbocycles. The Morgan fingerprint density at radius 2 is 1.90 bits per heavy atom. The van der Waals surface area contributed by atoms with Crippen LogP contribution in [0.2, 0.25) is 0 Å². The zero-order chi connectivity index (χ0) is 15.2. The molecule has 6 nitrogen and oxygen atoms in total. The minimum atomic E-state index is -3.36. The lowest BCUT2D eigenvalue weighted by molar-refractivity contribution is 0.0245. The summed E-state index contributed by atoms with van der Waals surface area (Å²) in [6, 6.07) is 0.281. The third-order valence-electron chi connectivity index (χ3n) is 3.78. The first-order chi connectivity index (χ1) is 9.33. The first kappa shape index (κ1) is 17.8. The molecule has 0 aromatic carbocycles. The summed E-state index contributed by atoms with van der Waals surface area (Å²) in [4.78, 5) is 0. The summed E-state index contributed by atoms with van der Waals surface area (Å²) in [7, 11) is -1.78. The van der Waals surface area contributed by atoms with E-state index in [0.717, 1.165) is 25.7 Å². The SMILES string of the molecule is CC(C)N(C)S(=O)(=O)NCCCOC1CCC(N)CC1. The van der Waals surface area contributed by atoms with Crippen molar-refractivity contribution in [2.45, 2.75) is 64.1 Å². The van der Waals surface area contributed by atoms with Crippen molar-refractivity contribution in [1.29, 1.82) is 0 Å². The van der Waals surface area contributed by atoms with Gasteiger partial charge in [-0.25, -0.2) is 4.72 Å². The summed E-state index contributed by atoms with van der Waals surface area (Å²) in [5.41, 5.74) is 5.84. The summed E-state index contributed by atoms with van der Waals surface area (Å²) in [5, 5.41) is 0. The van der Waals surface area contributed by atoms with Crippen molar-refractivity contribution in [2.24, 2.45) is 5.73 Å². The lowest BCUT2D eigenvalue weighted by Gasteiger charge is -2.26. The van der Waals surface area contributed by atoms with E-state index in [2.05, 4.69) is 4.72 Å². The molecule has 1 saturated carbocycles. The van der Waals surface area contributed by atoms with E-state index < -0.39 is 10.2 Å². The molecule has 0 bridgehead atoms. The number of nitrogens with one attached hydrogen (secondary N) is 1. The minimum absolute atomic E-state index is 0.0461. The van der Waals surface area contributed by atoms with Crippen LogP contribution in [0.1, 0.15) is 46.0 Å². The van der Waals surface area contributed by atoms with Crippen LogP contribution in [0, 0.1) is 0 Å². The second kappa shape index (κ2) is 8.29. The van der Waals surface area contributed by atoms with E-state index in [0.29, 0.717) is 31.7 Å². The molecule has 1 aliphatic rings. The van der Waals surface area contributed by atoms with Crippen LogP contribution in [0.15, 0.2) is 0 Å². The first-order valence-electron chi connectivity index (χ1n) is 7.42. The average Bonchev–Trinajstić information content (AvgIpc) is 2.39. The fourth-order valence-corrected chi connectivity index (χ4v) is 3.32. The number of hydrogen-bond acceptors (Lipinski definition) is 4. The van der Waals surface area contributed by atoms with Crippen LogP contribution in [0.5, 0.6) is 0 Å². The molecule has 1 fully saturated rings. The molecular formula is C13H29N3O3S. The minimum Gasteiger partial charge on any atom is -0.378 e. The van der Waals surface area contributed by atoms with Gasteiger partial charge in [-0.1, -0.05) is 0 Å². The lowest BCUT2D eigenvalue weighted by Crippen LogP contribution is -2.42. The average molecular weight is 307 g/mol. The van der Waals surface area contributed by atoms with E-state index in [1.165, 1.54) is 4.31 Å². The number of ether oxygens (including phenoxy) is 1. The second-order valence-electron chi connectivity index (χ2n) is 5.77. The van der Waals surface area contributed by atoms with Crippen LogP contribution in [-0.4, -0.2) is 51.1 Å². The third-order valence-corrected chi connectivity index (χ3v) is 5.53. The van der Waals surface area contributed by atoms with Gasteiger partial charge in [-0.3, -0.25) is 0 Å². The smallest absolute Gasteiger partial charge is 0.279 e. The molecule has 0 aromatic heterocycles. The molecule has 3 N–H and O–H groups in total. The monoisotopic (exact) mass is 307 g/mol. The van der Waals surface area contributed by atoms with Crippen molar-refractivity contribution in [2.75, 3.05) is 20.2 Å². The van der Waals surface area contributed by atoms with Crippen LogP contribution in [0.4, 0.5) is 0 Å². The number of rotatable bonds is 8. The molecule has 0 aliphatic heterocycles. The normalized spacial score (nSPS) is 24.5. The van der Waals surface area contributed by atoms with Gasteiger partial charge in [-0.05, 0) is 46.0 Å². The Balaban J connectivity index is 2.13. The van der Waals surface area contributed by atoms with Crippen molar-refractivity contribution >= 4 is 10.2 Å². The molecule has 0 aromatic rings. The Kier molecular flexibility index (Phi) is 7.39. The van der Waals surface area contributed by atoms with Gasteiger partial charge in [-0.15, -0.1) is 0 Å². The maximum Gasteiger partial charge on any atom is 0.279 e. The molecule has 120 valence electrons. The zero-order valence-electron chi connectivity index (χ0n) is 12.8. The summed E-state index contributed by atoms with van der Waals surface area (Å²) < 4.78 is 33.3. The Bertz CT molecular complexity index is 365. The molecule has 20 heavy (non-hydrogen) atoms. The number of hydrogen-bond donors (Lipinski definition) is 2. The highest BCUT2D eigenvalue weighted by atomic mass is 32.2. The fraction of sp³-hybridized carbons (Fsp3) is 1.00. The maximum atomic E-state index is 11.8. The van der Waals surface area contributed by atoms with Crippen LogP contribution < -0.4 is 10.5 Å². The Morgan fingerprint density at radius 1 is 1.30 bits per heavy atom. The Hall–Kier alpha value is -0.210. The van der Waals surface area contributed by atoms with Crippen molar-refractivity contribution in [3.63, 3.8) is 0 Å². The molecule has 7 heteroatoms. The molecule has 0 atom stereocenters. The van der Waals surface area contributed by atoms with Crippen LogP contribution >= 0.6 is 0 Å². The van der Waals surface area contributed by atoms with Crippen molar-refractivity contribution in [3.8, 4) is 0 Å². The summed E-state index contributed by atoms with van der Waals surface area (Å²) >= 11 is 0. The number of nitrogens with zero attached hydrogens (tertiary/aromatic N) is 1. The highest BCUT2D eigenvalue weighted by Gasteiger charge is 2.20. The molecule has 0 saturated heterocycles. The summed E-state index contributed by atoms with van der Waals surface area (Å²) in [5.74, 6) is 0. The van der Waals surface area contributed by atoms with Gasteiger partial charge in [0.1, 0.15) is 0 Å². The Morgan fingerprint density at radius 3 is 2.45 bits per heavy atom. The third kappa shape index (κ3) is 6.05. The van der Waals surface area contributed by atoms with Gasteiger partial charge in [0.25, 0.3) is 10.2 Å². The summed E-state index contributed by atoms with van der Waals surface area (Å²) in [6.45, 7) is 4.69. The molecule has 1 rings (SSSR count). The van der Waals surface area contributed by atoms with Gasteiger partial charge in [0.2, 0.25) is 0 Å². The van der Waals surface area contributed by atoms with Gasteiger partial charge in [-0.2, -0.15) is 12.7 Å². The molecule has 0 unspecified atom stereocenters. The van der Waals surface area contributed by atoms with Gasteiger partial charge in [0.15, 0.2) is 0 Å². The van der Waals surface area contributed by atoms with E-state index in [1.54, 1.807) is 7.05 Å². The van der Waals surface area contributed by atoms with Gasteiger partial charge < -0.3 is 10.5 Å². The fourth-order valence-electron chi connectivity index (χ4n) is 2.16. The van der Waals surface area contributed by atoms with E-state index in [1.807, 2.05) is 13.8 Å². The topological polar surface area (TPSA) is 84.7 Å². The largest absolute Gasteiger partial charge is 0.378 e. The van der Waals surface area contributed by atoms with E-state index >= 15 is 0 Å². The molecule has 0 radical (unpaired) electrons. The second-order valence-corrected chi connectivity index (χ2v) is 7.59. The van der Waals surface area contributed by atoms with Crippen LogP contribution in [-0.2, 0) is 14.9 Å². The van der Waals surface area contributed by atoms with E-state index in [9.17, 15) is 8.42 Å². The number of nitrogens with two attached hydrogens (primary N) is 1. The standard InChI is InChI=1S/C13H29N3O3S/c1-11(2)16(3)20(17,18)15-9-4-10-19-13-7-5-12(14)6-8-13/h11-13,15H,4-10,14H2,1-3H3. The highest BCUT2D eigenvalue weighted by molar-refractivity contribution is 7.87. The predicted molar refractivity (Wildman–Crippen MR) is 80.6 cm³/mol. The van der Waals surface area contributed by atoms with E-state index in [4.69, 9.17) is 10.5 Å². The van der Waals surface area contributed by atoms with Gasteiger partial charge in [0.05, 0.1) is 6.10 Å². The molecule has 0 heterocycles. The first-order valence-corrected chi connectivity index (χ1v) is 8.86. The van der Waals surface area contributed by atoms with E-state index in [-0.39, 0.29) is 6.04 Å². The van der Waals surface area contributed by atoms with Crippen LogP contribution in [0.3, 0.4) is 0 Å². The molecule has 0 amide bonds. The Labute approximate surface area is 123 Å². The van der Waals surface area contributed by atoms with Crippen molar-refractivity contribution in [3.05, 3.63) is 0 Å². The molecular weight excluding hydrogens is 278 g/mol. The zero-order valence-corrected chi connectivity index (χ0v) is 13.7. The highest BCUT2D eigenvalue weighted by Crippen LogP contribution is 2.19.